The Bertz CT molecular complexity index is 1020. The fourth-order valence-corrected chi connectivity index (χ4v) is 6.17. The second-order valence-electron chi connectivity index (χ2n) is 9.15. The van der Waals surface area contributed by atoms with Crippen LogP contribution in [0, 0.1) is 29.0 Å². The van der Waals surface area contributed by atoms with Gasteiger partial charge in [-0.15, -0.1) is 0 Å². The fraction of sp³-hybridized carbons (Fsp3) is 0.522. The van der Waals surface area contributed by atoms with Gasteiger partial charge in [-0.1, -0.05) is 26.3 Å². The van der Waals surface area contributed by atoms with Gasteiger partial charge < -0.3 is 5.32 Å². The fourth-order valence-electron chi connectivity index (χ4n) is 6.17. The summed E-state index contributed by atoms with van der Waals surface area (Å²) in [5.74, 6) is -0.0817. The molecule has 0 radical (unpaired) electrons. The summed E-state index contributed by atoms with van der Waals surface area (Å²) >= 11 is 0. The first kappa shape index (κ1) is 18.5. The first-order valence-electron chi connectivity index (χ1n) is 10.5. The van der Waals surface area contributed by atoms with Gasteiger partial charge in [0.05, 0.1) is 6.04 Å². The van der Waals surface area contributed by atoms with Gasteiger partial charge in [0.2, 0.25) is 0 Å². The minimum atomic E-state index is -0.627. The molecule has 4 unspecified atom stereocenters. The van der Waals surface area contributed by atoms with Gasteiger partial charge in [0, 0.05) is 25.1 Å². The molecule has 1 spiro atoms. The number of nitrogens with one attached hydrogen (secondary N) is 1. The summed E-state index contributed by atoms with van der Waals surface area (Å²) in [6, 6.07) is 5.95. The van der Waals surface area contributed by atoms with Crippen molar-refractivity contribution in [2.24, 2.45) is 30.2 Å². The van der Waals surface area contributed by atoms with Gasteiger partial charge in [0.1, 0.15) is 11.5 Å². The highest BCUT2D eigenvalue weighted by molar-refractivity contribution is 5.99. The normalized spacial score (nSPS) is 32.9. The zero-order valence-electron chi connectivity index (χ0n) is 17.0. The van der Waals surface area contributed by atoms with Gasteiger partial charge in [-0.25, -0.2) is 4.39 Å². The molecule has 2 aromatic rings. The molecule has 5 rings (SSSR count). The maximum atomic E-state index is 14.1. The second kappa shape index (κ2) is 6.25. The van der Waals surface area contributed by atoms with Crippen molar-refractivity contribution in [2.45, 2.75) is 45.1 Å². The Labute approximate surface area is 169 Å². The van der Waals surface area contributed by atoms with Crippen LogP contribution < -0.4 is 5.32 Å². The summed E-state index contributed by atoms with van der Waals surface area (Å²) in [4.78, 5) is 26.6. The van der Waals surface area contributed by atoms with Crippen LogP contribution in [-0.2, 0) is 18.3 Å². The van der Waals surface area contributed by atoms with E-state index in [1.54, 1.807) is 25.4 Å². The molecule has 3 aliphatic rings. The zero-order valence-corrected chi connectivity index (χ0v) is 17.0. The number of benzene rings is 1. The van der Waals surface area contributed by atoms with Gasteiger partial charge in [-0.3, -0.25) is 14.3 Å². The third-order valence-corrected chi connectivity index (χ3v) is 7.76. The summed E-state index contributed by atoms with van der Waals surface area (Å²) in [7, 11) is 1.71. The number of hydrogen-bond donors (Lipinski definition) is 1. The van der Waals surface area contributed by atoms with Crippen molar-refractivity contribution in [2.75, 3.05) is 0 Å². The third-order valence-electron chi connectivity index (χ3n) is 7.76. The first-order chi connectivity index (χ1) is 13.9. The van der Waals surface area contributed by atoms with Crippen LogP contribution in [-0.4, -0.2) is 27.5 Å². The standard InChI is InChI=1S/C23H26FN3O2/c1-4-12(2)18-16-11-23(16)10-13-5-6-14(24)9-15(13)19(23)20(21(18)28)26-22(29)17-7-8-25-27(17)3/h5-9,12,16,18-20H,4,10-11H2,1-3H3,(H,26,29)/t12-,16?,18?,19?,20-,23?/m1/s1. The lowest BCUT2D eigenvalue weighted by Crippen LogP contribution is -2.54. The van der Waals surface area contributed by atoms with Crippen molar-refractivity contribution >= 4 is 11.7 Å². The highest BCUT2D eigenvalue weighted by Crippen LogP contribution is 2.73. The van der Waals surface area contributed by atoms with Gasteiger partial charge in [0.25, 0.3) is 5.91 Å². The van der Waals surface area contributed by atoms with Crippen LogP contribution in [0.5, 0.6) is 0 Å². The van der Waals surface area contributed by atoms with Gasteiger partial charge in [-0.05, 0) is 59.4 Å². The number of Topliss-reactive ketones (excluding diaryl/α,β-unsaturated/α-hetero) is 1. The predicted octanol–water partition coefficient (Wildman–Crippen LogP) is 3.25. The lowest BCUT2D eigenvalue weighted by atomic mass is 9.66. The van der Waals surface area contributed by atoms with Crippen LogP contribution >= 0.6 is 0 Å². The van der Waals surface area contributed by atoms with Crippen LogP contribution in [0.4, 0.5) is 4.39 Å². The number of carbonyl (C=O) groups is 2. The Balaban J connectivity index is 1.57. The topological polar surface area (TPSA) is 64.0 Å². The number of rotatable bonds is 4. The van der Waals surface area contributed by atoms with E-state index in [9.17, 15) is 14.0 Å². The highest BCUT2D eigenvalue weighted by atomic mass is 19.1. The van der Waals surface area contributed by atoms with Crippen LogP contribution in [0.1, 0.15) is 54.2 Å². The summed E-state index contributed by atoms with van der Waals surface area (Å²) < 4.78 is 15.6. The molecule has 1 heterocycles. The Kier molecular flexibility index (Phi) is 3.99. The Morgan fingerprint density at radius 3 is 2.90 bits per heavy atom. The van der Waals surface area contributed by atoms with Crippen molar-refractivity contribution in [3.63, 3.8) is 0 Å². The zero-order chi connectivity index (χ0) is 20.5. The SMILES string of the molecule is CC[C@@H](C)C1C(=O)[C@H](NC(=O)c2ccnn2C)C2c3cc(F)ccc3CC23CC13. The molecule has 152 valence electrons. The monoisotopic (exact) mass is 395 g/mol. The van der Waals surface area contributed by atoms with E-state index in [-0.39, 0.29) is 40.7 Å². The van der Waals surface area contributed by atoms with Gasteiger partial charge >= 0.3 is 0 Å². The molecule has 1 aromatic carbocycles. The van der Waals surface area contributed by atoms with Gasteiger partial charge in [-0.2, -0.15) is 5.10 Å². The number of fused-ring (bicyclic) bond motifs is 2. The molecule has 0 bridgehead atoms. The number of amides is 1. The van der Waals surface area contributed by atoms with Crippen LogP contribution in [0.3, 0.4) is 0 Å². The van der Waals surface area contributed by atoms with E-state index >= 15 is 0 Å². The van der Waals surface area contributed by atoms with Crippen molar-refractivity contribution in [1.82, 2.24) is 15.1 Å². The lowest BCUT2D eigenvalue weighted by molar-refractivity contribution is -0.131. The Hall–Kier alpha value is -2.50. The van der Waals surface area contributed by atoms with E-state index in [1.165, 1.54) is 10.7 Å². The molecule has 2 fully saturated rings. The molecule has 2 saturated carbocycles. The molecule has 1 amide bonds. The minimum Gasteiger partial charge on any atom is -0.340 e. The number of carbonyl (C=O) groups excluding carboxylic acids is 2. The maximum Gasteiger partial charge on any atom is 0.270 e. The minimum absolute atomic E-state index is 0.0253. The summed E-state index contributed by atoms with van der Waals surface area (Å²) in [5, 5.41) is 7.10. The predicted molar refractivity (Wildman–Crippen MR) is 106 cm³/mol. The number of ketones is 1. The van der Waals surface area contributed by atoms with E-state index in [1.807, 2.05) is 6.07 Å². The van der Waals surface area contributed by atoms with Crippen molar-refractivity contribution in [3.05, 3.63) is 53.1 Å². The molecule has 29 heavy (non-hydrogen) atoms. The molecule has 0 saturated heterocycles. The molecule has 6 atom stereocenters. The number of halogens is 1. The molecule has 6 heteroatoms. The van der Waals surface area contributed by atoms with E-state index < -0.39 is 6.04 Å². The van der Waals surface area contributed by atoms with Gasteiger partial charge in [0.15, 0.2) is 5.78 Å². The number of aryl methyl sites for hydroxylation is 1. The molecule has 1 N–H and O–H groups in total. The lowest BCUT2D eigenvalue weighted by Gasteiger charge is -2.40. The molecule has 0 aliphatic heterocycles. The van der Waals surface area contributed by atoms with E-state index in [2.05, 4.69) is 24.3 Å². The third kappa shape index (κ3) is 2.54. The number of aromatic nitrogens is 2. The summed E-state index contributed by atoms with van der Waals surface area (Å²) in [6.07, 6.45) is 4.35. The van der Waals surface area contributed by atoms with Crippen molar-refractivity contribution in [1.29, 1.82) is 0 Å². The smallest absolute Gasteiger partial charge is 0.270 e. The average molecular weight is 395 g/mol. The maximum absolute atomic E-state index is 14.1. The van der Waals surface area contributed by atoms with Crippen LogP contribution in [0.25, 0.3) is 0 Å². The summed E-state index contributed by atoms with van der Waals surface area (Å²) in [5.41, 5.74) is 2.42. The van der Waals surface area contributed by atoms with Crippen molar-refractivity contribution < 1.29 is 14.0 Å². The first-order valence-corrected chi connectivity index (χ1v) is 10.5. The average Bonchev–Trinajstić information content (AvgIpc) is 3.06. The highest BCUT2D eigenvalue weighted by Gasteiger charge is 2.72. The largest absolute Gasteiger partial charge is 0.340 e. The molecule has 3 aliphatic carbocycles. The van der Waals surface area contributed by atoms with Crippen LogP contribution in [0.2, 0.25) is 0 Å². The molecule has 5 nitrogen and oxygen atoms in total. The quantitative estimate of drug-likeness (QED) is 0.864. The van der Waals surface area contributed by atoms with Crippen molar-refractivity contribution in [3.8, 4) is 0 Å². The molecular weight excluding hydrogens is 369 g/mol. The molecule has 1 aromatic heterocycles. The Morgan fingerprint density at radius 2 is 2.21 bits per heavy atom. The Morgan fingerprint density at radius 1 is 1.41 bits per heavy atom. The second-order valence-corrected chi connectivity index (χ2v) is 9.15. The van der Waals surface area contributed by atoms with E-state index in [0.29, 0.717) is 11.6 Å². The number of nitrogens with zero attached hydrogens (tertiary/aromatic N) is 2. The summed E-state index contributed by atoms with van der Waals surface area (Å²) in [6.45, 7) is 4.25. The number of hydrogen-bond acceptors (Lipinski definition) is 3. The molecular formula is C23H26FN3O2. The van der Waals surface area contributed by atoms with E-state index in [4.69, 9.17) is 0 Å². The van der Waals surface area contributed by atoms with Crippen LogP contribution in [0.15, 0.2) is 30.5 Å². The van der Waals surface area contributed by atoms with E-state index in [0.717, 1.165) is 30.4 Å².